The second-order valence-corrected chi connectivity index (χ2v) is 3.90. The van der Waals surface area contributed by atoms with Crippen LogP contribution in [-0.2, 0) is 6.42 Å². The highest BCUT2D eigenvalue weighted by Gasteiger charge is 2.14. The van der Waals surface area contributed by atoms with E-state index in [1.165, 1.54) is 12.1 Å². The van der Waals surface area contributed by atoms with Crippen LogP contribution in [0.4, 0.5) is 17.3 Å². The fourth-order valence-electron chi connectivity index (χ4n) is 1.62. The number of aromatic nitrogens is 2. The summed E-state index contributed by atoms with van der Waals surface area (Å²) in [6.45, 7) is 0.517. The molecule has 0 atom stereocenters. The average Bonchev–Trinajstić information content (AvgIpc) is 2.39. The Morgan fingerprint density at radius 2 is 2.21 bits per heavy atom. The third kappa shape index (κ3) is 3.38. The minimum atomic E-state index is -0.487. The number of nitrogens with one attached hydrogen (secondary N) is 1. The van der Waals surface area contributed by atoms with Crippen molar-refractivity contribution in [1.82, 2.24) is 9.97 Å². The SMILES string of the molecule is Nc1ccc([N+](=O)[O-])c(NCCc2cccnc2)n1. The Labute approximate surface area is 109 Å². The fraction of sp³-hybridized carbons (Fsp3) is 0.167. The topological polar surface area (TPSA) is 107 Å². The van der Waals surface area contributed by atoms with Crippen LogP contribution in [0.2, 0.25) is 0 Å². The molecule has 0 saturated heterocycles. The van der Waals surface area contributed by atoms with Crippen molar-refractivity contribution in [3.05, 3.63) is 52.3 Å². The zero-order valence-electron chi connectivity index (χ0n) is 10.1. The summed E-state index contributed by atoms with van der Waals surface area (Å²) in [7, 11) is 0. The standard InChI is InChI=1S/C12H13N5O2/c13-11-4-3-10(17(18)19)12(16-11)15-7-5-9-2-1-6-14-8-9/h1-4,6,8H,5,7H2,(H3,13,15,16). The number of anilines is 2. The maximum absolute atomic E-state index is 10.8. The molecule has 2 aromatic heterocycles. The van der Waals surface area contributed by atoms with Gasteiger partial charge in [0.05, 0.1) is 4.92 Å². The molecule has 19 heavy (non-hydrogen) atoms. The predicted octanol–water partition coefficient (Wildman–Crippen LogP) is 1.62. The fourth-order valence-corrected chi connectivity index (χ4v) is 1.62. The van der Waals surface area contributed by atoms with Crippen molar-refractivity contribution in [3.63, 3.8) is 0 Å². The number of hydrogen-bond donors (Lipinski definition) is 2. The highest BCUT2D eigenvalue weighted by molar-refractivity contribution is 5.59. The molecule has 0 bridgehead atoms. The van der Waals surface area contributed by atoms with E-state index in [4.69, 9.17) is 5.73 Å². The van der Waals surface area contributed by atoms with Gasteiger partial charge in [-0.3, -0.25) is 15.1 Å². The molecule has 0 aliphatic carbocycles. The van der Waals surface area contributed by atoms with E-state index >= 15 is 0 Å². The van der Waals surface area contributed by atoms with Crippen molar-refractivity contribution in [1.29, 1.82) is 0 Å². The number of rotatable bonds is 5. The number of nitrogens with zero attached hydrogens (tertiary/aromatic N) is 3. The molecule has 3 N–H and O–H groups in total. The molecule has 0 saturated carbocycles. The Morgan fingerprint density at radius 1 is 1.37 bits per heavy atom. The first-order valence-corrected chi connectivity index (χ1v) is 5.70. The van der Waals surface area contributed by atoms with E-state index in [0.29, 0.717) is 13.0 Å². The molecule has 0 radical (unpaired) electrons. The number of nitro groups is 1. The first-order chi connectivity index (χ1) is 9.16. The highest BCUT2D eigenvalue weighted by Crippen LogP contribution is 2.22. The van der Waals surface area contributed by atoms with Gasteiger partial charge in [-0.05, 0) is 24.1 Å². The van der Waals surface area contributed by atoms with Crippen LogP contribution in [0.5, 0.6) is 0 Å². The van der Waals surface area contributed by atoms with Gasteiger partial charge < -0.3 is 11.1 Å². The summed E-state index contributed by atoms with van der Waals surface area (Å²) in [6, 6.07) is 6.53. The molecule has 2 heterocycles. The summed E-state index contributed by atoms with van der Waals surface area (Å²) in [6.07, 6.45) is 4.14. The van der Waals surface area contributed by atoms with Crippen LogP contribution < -0.4 is 11.1 Å². The van der Waals surface area contributed by atoms with Gasteiger partial charge in [-0.1, -0.05) is 6.07 Å². The van der Waals surface area contributed by atoms with Gasteiger partial charge in [0.1, 0.15) is 5.82 Å². The van der Waals surface area contributed by atoms with Crippen LogP contribution in [0, 0.1) is 10.1 Å². The first kappa shape index (κ1) is 12.7. The molecule has 7 nitrogen and oxygen atoms in total. The zero-order valence-corrected chi connectivity index (χ0v) is 10.1. The van der Waals surface area contributed by atoms with Crippen LogP contribution in [0.25, 0.3) is 0 Å². The number of nitrogens with two attached hydrogens (primary N) is 1. The highest BCUT2D eigenvalue weighted by atomic mass is 16.6. The lowest BCUT2D eigenvalue weighted by Gasteiger charge is -2.06. The van der Waals surface area contributed by atoms with Crippen LogP contribution in [0.1, 0.15) is 5.56 Å². The van der Waals surface area contributed by atoms with E-state index in [1.54, 1.807) is 12.4 Å². The third-order valence-corrected chi connectivity index (χ3v) is 2.52. The third-order valence-electron chi connectivity index (χ3n) is 2.52. The molecule has 0 unspecified atom stereocenters. The van der Waals surface area contributed by atoms with Gasteiger partial charge in [0, 0.05) is 25.0 Å². The smallest absolute Gasteiger partial charge is 0.311 e. The molecule has 0 amide bonds. The van der Waals surface area contributed by atoms with Gasteiger partial charge in [-0.15, -0.1) is 0 Å². The molecule has 2 rings (SSSR count). The zero-order chi connectivity index (χ0) is 13.7. The summed E-state index contributed by atoms with van der Waals surface area (Å²) < 4.78 is 0. The van der Waals surface area contributed by atoms with Crippen molar-refractivity contribution in [2.75, 3.05) is 17.6 Å². The Kier molecular flexibility index (Phi) is 3.87. The summed E-state index contributed by atoms with van der Waals surface area (Å²) in [5, 5.41) is 13.8. The summed E-state index contributed by atoms with van der Waals surface area (Å²) in [5.74, 6) is 0.434. The number of hydrogen-bond acceptors (Lipinski definition) is 6. The van der Waals surface area contributed by atoms with Gasteiger partial charge >= 0.3 is 5.69 Å². The minimum absolute atomic E-state index is 0.0830. The van der Waals surface area contributed by atoms with E-state index in [9.17, 15) is 10.1 Å². The molecule has 0 aliphatic rings. The van der Waals surface area contributed by atoms with Crippen molar-refractivity contribution in [2.24, 2.45) is 0 Å². The van der Waals surface area contributed by atoms with E-state index in [2.05, 4.69) is 15.3 Å². The lowest BCUT2D eigenvalue weighted by Crippen LogP contribution is -2.09. The number of nitrogen functional groups attached to an aromatic ring is 1. The number of pyridine rings is 2. The molecule has 0 aromatic carbocycles. The van der Waals surface area contributed by atoms with Crippen LogP contribution in [-0.4, -0.2) is 21.4 Å². The molecular formula is C12H13N5O2. The van der Waals surface area contributed by atoms with Gasteiger partial charge in [0.15, 0.2) is 0 Å². The largest absolute Gasteiger partial charge is 0.384 e. The normalized spacial score (nSPS) is 10.1. The Bertz CT molecular complexity index is 574. The van der Waals surface area contributed by atoms with Gasteiger partial charge in [0.25, 0.3) is 0 Å². The Balaban J connectivity index is 2.03. The van der Waals surface area contributed by atoms with Crippen molar-refractivity contribution in [3.8, 4) is 0 Å². The quantitative estimate of drug-likeness (QED) is 0.624. The van der Waals surface area contributed by atoms with Gasteiger partial charge in [-0.2, -0.15) is 0 Å². The summed E-state index contributed by atoms with van der Waals surface area (Å²) in [5.41, 5.74) is 6.49. The molecule has 7 heteroatoms. The van der Waals surface area contributed by atoms with Crippen molar-refractivity contribution >= 4 is 17.3 Å². The molecule has 0 fully saturated rings. The molecule has 0 aliphatic heterocycles. The maximum Gasteiger partial charge on any atom is 0.311 e. The van der Waals surface area contributed by atoms with Crippen LogP contribution >= 0.6 is 0 Å². The van der Waals surface area contributed by atoms with Crippen LogP contribution in [0.3, 0.4) is 0 Å². The van der Waals surface area contributed by atoms with E-state index in [0.717, 1.165) is 5.56 Å². The second kappa shape index (κ2) is 5.76. The monoisotopic (exact) mass is 259 g/mol. The summed E-state index contributed by atoms with van der Waals surface area (Å²) >= 11 is 0. The maximum atomic E-state index is 10.8. The van der Waals surface area contributed by atoms with E-state index in [1.807, 2.05) is 12.1 Å². The van der Waals surface area contributed by atoms with Gasteiger partial charge in [-0.25, -0.2) is 4.98 Å². The molecule has 2 aromatic rings. The van der Waals surface area contributed by atoms with Crippen LogP contribution in [0.15, 0.2) is 36.7 Å². The lowest BCUT2D eigenvalue weighted by molar-refractivity contribution is -0.384. The minimum Gasteiger partial charge on any atom is -0.384 e. The average molecular weight is 259 g/mol. The molecular weight excluding hydrogens is 246 g/mol. The lowest BCUT2D eigenvalue weighted by atomic mass is 10.2. The van der Waals surface area contributed by atoms with E-state index in [-0.39, 0.29) is 17.3 Å². The summed E-state index contributed by atoms with van der Waals surface area (Å²) in [4.78, 5) is 18.3. The Morgan fingerprint density at radius 3 is 2.89 bits per heavy atom. The molecule has 0 spiro atoms. The Hall–Kier alpha value is -2.70. The van der Waals surface area contributed by atoms with Gasteiger partial charge in [0.2, 0.25) is 5.82 Å². The van der Waals surface area contributed by atoms with E-state index < -0.39 is 4.92 Å². The van der Waals surface area contributed by atoms with Crippen molar-refractivity contribution < 1.29 is 4.92 Å². The van der Waals surface area contributed by atoms with Crippen molar-refractivity contribution in [2.45, 2.75) is 6.42 Å². The second-order valence-electron chi connectivity index (χ2n) is 3.90. The first-order valence-electron chi connectivity index (χ1n) is 5.70. The predicted molar refractivity (Wildman–Crippen MR) is 71.7 cm³/mol. The molecule has 98 valence electrons.